The number of aromatic carboxylic acids is 1. The zero-order valence-corrected chi connectivity index (χ0v) is 12.2. The predicted octanol–water partition coefficient (Wildman–Crippen LogP) is 2.74. The normalized spacial score (nSPS) is 14.0. The van der Waals surface area contributed by atoms with E-state index in [-0.39, 0.29) is 29.1 Å². The zero-order chi connectivity index (χ0) is 15.6. The molecule has 2 amide bonds. The van der Waals surface area contributed by atoms with Crippen LogP contribution in [0.5, 0.6) is 5.75 Å². The van der Waals surface area contributed by atoms with Gasteiger partial charge in [0.05, 0.1) is 11.3 Å². The maximum atomic E-state index is 12.3. The Morgan fingerprint density at radius 2 is 2.05 bits per heavy atom. The van der Waals surface area contributed by atoms with Crippen LogP contribution in [-0.2, 0) is 0 Å². The Kier molecular flexibility index (Phi) is 4.35. The van der Waals surface area contributed by atoms with Crippen molar-refractivity contribution in [2.45, 2.75) is 32.7 Å². The molecule has 3 N–H and O–H groups in total. The number of hydrogen-bond acceptors (Lipinski definition) is 3. The number of anilines is 1. The molecule has 0 aliphatic heterocycles. The van der Waals surface area contributed by atoms with E-state index >= 15 is 0 Å². The number of urea groups is 1. The van der Waals surface area contributed by atoms with Crippen molar-refractivity contribution in [3.05, 3.63) is 23.8 Å². The van der Waals surface area contributed by atoms with Crippen LogP contribution in [0.3, 0.4) is 0 Å². The van der Waals surface area contributed by atoms with Crippen molar-refractivity contribution >= 4 is 17.7 Å². The molecule has 0 radical (unpaired) electrons. The SMILES string of the molecule is CC(C)N(CC1CC1)C(=O)Nc1ccc(C(=O)O)cc1O. The highest BCUT2D eigenvalue weighted by molar-refractivity contribution is 5.93. The number of carboxylic acid groups (broad SMARTS) is 1. The first-order valence-corrected chi connectivity index (χ1v) is 7.02. The Hall–Kier alpha value is -2.24. The number of phenols is 1. The summed E-state index contributed by atoms with van der Waals surface area (Å²) in [5.74, 6) is -0.805. The summed E-state index contributed by atoms with van der Waals surface area (Å²) < 4.78 is 0. The summed E-state index contributed by atoms with van der Waals surface area (Å²) in [5, 5.41) is 21.3. The summed E-state index contributed by atoms with van der Waals surface area (Å²) in [7, 11) is 0. The molecule has 1 saturated carbocycles. The predicted molar refractivity (Wildman–Crippen MR) is 78.7 cm³/mol. The number of carboxylic acids is 1. The highest BCUT2D eigenvalue weighted by Gasteiger charge is 2.28. The lowest BCUT2D eigenvalue weighted by Gasteiger charge is -2.27. The number of carbonyl (C=O) groups is 2. The standard InChI is InChI=1S/C15H20N2O4/c1-9(2)17(8-10-3-4-10)15(21)16-12-6-5-11(14(19)20)7-13(12)18/h5-7,9-10,18H,3-4,8H2,1-2H3,(H,16,21)(H,19,20). The van der Waals surface area contributed by atoms with Crippen LogP contribution in [0.25, 0.3) is 0 Å². The second-order valence-electron chi connectivity index (χ2n) is 5.66. The Morgan fingerprint density at radius 1 is 1.38 bits per heavy atom. The molecule has 0 bridgehead atoms. The van der Waals surface area contributed by atoms with Crippen molar-refractivity contribution in [3.8, 4) is 5.75 Å². The molecule has 0 spiro atoms. The molecule has 21 heavy (non-hydrogen) atoms. The third-order valence-electron chi connectivity index (χ3n) is 3.52. The summed E-state index contributed by atoms with van der Waals surface area (Å²) in [6.45, 7) is 4.59. The number of nitrogens with zero attached hydrogens (tertiary/aromatic N) is 1. The van der Waals surface area contributed by atoms with Gasteiger partial charge in [0.25, 0.3) is 0 Å². The lowest BCUT2D eigenvalue weighted by molar-refractivity contribution is 0.0696. The number of benzene rings is 1. The molecule has 1 aromatic rings. The summed E-state index contributed by atoms with van der Waals surface area (Å²) in [4.78, 5) is 24.8. The topological polar surface area (TPSA) is 89.9 Å². The van der Waals surface area contributed by atoms with Gasteiger partial charge in [0.15, 0.2) is 0 Å². The Labute approximate surface area is 123 Å². The summed E-state index contributed by atoms with van der Waals surface area (Å²) in [6.07, 6.45) is 2.30. The monoisotopic (exact) mass is 292 g/mol. The number of amides is 2. The van der Waals surface area contributed by atoms with Gasteiger partial charge in [0.2, 0.25) is 0 Å². The van der Waals surface area contributed by atoms with E-state index in [9.17, 15) is 14.7 Å². The molecule has 0 atom stereocenters. The molecule has 114 valence electrons. The van der Waals surface area contributed by atoms with Crippen LogP contribution in [0.4, 0.5) is 10.5 Å². The Balaban J connectivity index is 2.08. The van der Waals surface area contributed by atoms with Gasteiger partial charge in [-0.3, -0.25) is 0 Å². The lowest BCUT2D eigenvalue weighted by Crippen LogP contribution is -2.41. The molecule has 2 rings (SSSR count). The minimum Gasteiger partial charge on any atom is -0.506 e. The van der Waals surface area contributed by atoms with Crippen molar-refractivity contribution in [2.24, 2.45) is 5.92 Å². The molecule has 0 heterocycles. The highest BCUT2D eigenvalue weighted by atomic mass is 16.4. The first kappa shape index (κ1) is 15.2. The van der Waals surface area contributed by atoms with Crippen molar-refractivity contribution in [3.63, 3.8) is 0 Å². The largest absolute Gasteiger partial charge is 0.506 e. The van der Waals surface area contributed by atoms with Crippen molar-refractivity contribution in [1.29, 1.82) is 0 Å². The minimum atomic E-state index is -1.12. The molecule has 6 nitrogen and oxygen atoms in total. The van der Waals surface area contributed by atoms with Crippen LogP contribution in [0.15, 0.2) is 18.2 Å². The lowest BCUT2D eigenvalue weighted by atomic mass is 10.2. The third-order valence-corrected chi connectivity index (χ3v) is 3.52. The molecular weight excluding hydrogens is 272 g/mol. The van der Waals surface area contributed by atoms with Crippen LogP contribution in [-0.4, -0.2) is 39.7 Å². The van der Waals surface area contributed by atoms with Crippen LogP contribution >= 0.6 is 0 Å². The van der Waals surface area contributed by atoms with Gasteiger partial charge in [-0.1, -0.05) is 0 Å². The second kappa shape index (κ2) is 6.03. The summed E-state index contributed by atoms with van der Waals surface area (Å²) in [6, 6.07) is 3.64. The van der Waals surface area contributed by atoms with E-state index in [0.29, 0.717) is 12.5 Å². The number of nitrogens with one attached hydrogen (secondary N) is 1. The maximum Gasteiger partial charge on any atom is 0.335 e. The quantitative estimate of drug-likeness (QED) is 0.728. The minimum absolute atomic E-state index is 0.0239. The average molecular weight is 292 g/mol. The van der Waals surface area contributed by atoms with E-state index < -0.39 is 5.97 Å². The summed E-state index contributed by atoms with van der Waals surface area (Å²) >= 11 is 0. The van der Waals surface area contributed by atoms with Gasteiger partial charge < -0.3 is 20.4 Å². The fourth-order valence-corrected chi connectivity index (χ4v) is 2.06. The van der Waals surface area contributed by atoms with Gasteiger partial charge >= 0.3 is 12.0 Å². The van der Waals surface area contributed by atoms with Crippen LogP contribution in [0, 0.1) is 5.92 Å². The Bertz CT molecular complexity index is 553. The van der Waals surface area contributed by atoms with Crippen LogP contribution in [0.2, 0.25) is 0 Å². The number of rotatable bonds is 5. The molecule has 0 unspecified atom stereocenters. The first-order chi connectivity index (χ1) is 9.88. The van der Waals surface area contributed by atoms with Gasteiger partial charge in [-0.05, 0) is 50.8 Å². The van der Waals surface area contributed by atoms with E-state index in [1.807, 2.05) is 13.8 Å². The van der Waals surface area contributed by atoms with E-state index in [1.165, 1.54) is 12.1 Å². The Morgan fingerprint density at radius 3 is 2.52 bits per heavy atom. The molecule has 6 heteroatoms. The molecule has 1 aliphatic carbocycles. The second-order valence-corrected chi connectivity index (χ2v) is 5.66. The molecule has 0 aromatic heterocycles. The molecule has 1 aromatic carbocycles. The molecule has 1 aliphatic rings. The van der Waals surface area contributed by atoms with Crippen molar-refractivity contribution in [2.75, 3.05) is 11.9 Å². The van der Waals surface area contributed by atoms with Gasteiger partial charge in [-0.2, -0.15) is 0 Å². The number of aromatic hydroxyl groups is 1. The van der Waals surface area contributed by atoms with Crippen molar-refractivity contribution in [1.82, 2.24) is 4.90 Å². The average Bonchev–Trinajstić information content (AvgIpc) is 3.21. The number of carbonyl (C=O) groups excluding carboxylic acids is 1. The maximum absolute atomic E-state index is 12.3. The van der Waals surface area contributed by atoms with E-state index in [1.54, 1.807) is 4.90 Å². The molecular formula is C15H20N2O4. The third kappa shape index (κ3) is 3.87. The highest BCUT2D eigenvalue weighted by Crippen LogP contribution is 2.31. The fraction of sp³-hybridized carbons (Fsp3) is 0.467. The van der Waals surface area contributed by atoms with Gasteiger partial charge in [-0.25, -0.2) is 9.59 Å². The fourth-order valence-electron chi connectivity index (χ4n) is 2.06. The molecule has 1 fully saturated rings. The van der Waals surface area contributed by atoms with Gasteiger partial charge in [0.1, 0.15) is 5.75 Å². The van der Waals surface area contributed by atoms with E-state index in [2.05, 4.69) is 5.32 Å². The number of hydrogen-bond donors (Lipinski definition) is 3. The van der Waals surface area contributed by atoms with Gasteiger partial charge in [-0.15, -0.1) is 0 Å². The van der Waals surface area contributed by atoms with Crippen LogP contribution < -0.4 is 5.32 Å². The smallest absolute Gasteiger partial charge is 0.335 e. The van der Waals surface area contributed by atoms with E-state index in [4.69, 9.17) is 5.11 Å². The number of phenolic OH excluding ortho intramolecular Hbond substituents is 1. The van der Waals surface area contributed by atoms with Crippen LogP contribution in [0.1, 0.15) is 37.0 Å². The zero-order valence-electron chi connectivity index (χ0n) is 12.2. The van der Waals surface area contributed by atoms with E-state index in [0.717, 1.165) is 18.9 Å². The van der Waals surface area contributed by atoms with Crippen molar-refractivity contribution < 1.29 is 19.8 Å². The summed E-state index contributed by atoms with van der Waals surface area (Å²) in [5.41, 5.74) is 0.190. The molecule has 0 saturated heterocycles. The van der Waals surface area contributed by atoms with Gasteiger partial charge in [0, 0.05) is 12.6 Å². The first-order valence-electron chi connectivity index (χ1n) is 7.02.